The van der Waals surface area contributed by atoms with Crippen molar-refractivity contribution in [1.82, 2.24) is 14.7 Å². The summed E-state index contributed by atoms with van der Waals surface area (Å²) in [7, 11) is 5.25. The molecule has 3 rings (SSSR count). The van der Waals surface area contributed by atoms with Crippen molar-refractivity contribution >= 4 is 5.91 Å². The Hall–Kier alpha value is -1.79. The normalized spacial score (nSPS) is 21.1. The highest BCUT2D eigenvalue weighted by molar-refractivity contribution is 5.79. The summed E-state index contributed by atoms with van der Waals surface area (Å²) in [5.41, 5.74) is 1.15. The number of carbonyl (C=O) groups is 1. The summed E-state index contributed by atoms with van der Waals surface area (Å²) in [4.78, 5) is 20.3. The minimum atomic E-state index is 0.137. The van der Waals surface area contributed by atoms with Gasteiger partial charge in [-0.15, -0.1) is 0 Å². The Kier molecular flexibility index (Phi) is 9.02. The average molecular weight is 432 g/mol. The number of likely N-dealkylation sites (N-methyl/N-ethyl adjacent to an activating group) is 1. The van der Waals surface area contributed by atoms with Gasteiger partial charge in [0.15, 0.2) is 11.5 Å². The molecule has 0 aliphatic carbocycles. The number of ether oxygens (including phenoxy) is 2. The summed E-state index contributed by atoms with van der Waals surface area (Å²) in [6, 6.07) is 6.64. The van der Waals surface area contributed by atoms with E-state index in [9.17, 15) is 4.79 Å². The zero-order valence-corrected chi connectivity index (χ0v) is 19.9. The summed E-state index contributed by atoms with van der Waals surface area (Å²) in [5, 5.41) is 0. The van der Waals surface area contributed by atoms with Crippen molar-refractivity contribution in [2.75, 3.05) is 60.5 Å². The van der Waals surface area contributed by atoms with Crippen molar-refractivity contribution in [3.05, 3.63) is 23.8 Å². The number of likely N-dealkylation sites (tertiary alicyclic amines) is 2. The smallest absolute Gasteiger partial charge is 0.226 e. The largest absolute Gasteiger partial charge is 0.493 e. The Balaban J connectivity index is 1.49. The molecule has 2 fully saturated rings. The number of benzene rings is 1. The number of hydrogen-bond donors (Lipinski definition) is 0. The molecule has 0 saturated carbocycles. The van der Waals surface area contributed by atoms with Crippen LogP contribution in [0.5, 0.6) is 11.5 Å². The molecule has 2 heterocycles. The molecule has 31 heavy (non-hydrogen) atoms. The molecule has 0 radical (unpaired) electrons. The molecule has 2 saturated heterocycles. The van der Waals surface area contributed by atoms with Crippen LogP contribution in [-0.2, 0) is 11.2 Å². The van der Waals surface area contributed by atoms with Crippen molar-refractivity contribution < 1.29 is 14.3 Å². The van der Waals surface area contributed by atoms with Gasteiger partial charge in [-0.3, -0.25) is 9.69 Å². The molecule has 2 aliphatic heterocycles. The minimum Gasteiger partial charge on any atom is -0.493 e. The van der Waals surface area contributed by atoms with Crippen LogP contribution in [0.2, 0.25) is 0 Å². The van der Waals surface area contributed by atoms with E-state index in [1.54, 1.807) is 14.2 Å². The van der Waals surface area contributed by atoms with Gasteiger partial charge in [-0.1, -0.05) is 13.0 Å². The van der Waals surface area contributed by atoms with Crippen LogP contribution in [0, 0.1) is 5.92 Å². The minimum absolute atomic E-state index is 0.137. The lowest BCUT2D eigenvalue weighted by Crippen LogP contribution is -2.51. The topological polar surface area (TPSA) is 45.2 Å². The molecular formula is C25H41N3O3. The molecule has 0 aromatic heterocycles. The van der Waals surface area contributed by atoms with E-state index >= 15 is 0 Å². The molecule has 1 aromatic carbocycles. The second-order valence-corrected chi connectivity index (χ2v) is 9.11. The average Bonchev–Trinajstić information content (AvgIpc) is 2.82. The third-order valence-electron chi connectivity index (χ3n) is 6.98. The predicted octanol–water partition coefficient (Wildman–Crippen LogP) is 3.29. The Morgan fingerprint density at radius 3 is 2.52 bits per heavy atom. The van der Waals surface area contributed by atoms with Gasteiger partial charge in [-0.25, -0.2) is 0 Å². The summed E-state index contributed by atoms with van der Waals surface area (Å²) < 4.78 is 10.7. The summed E-state index contributed by atoms with van der Waals surface area (Å²) >= 11 is 0. The summed E-state index contributed by atoms with van der Waals surface area (Å²) in [6.45, 7) is 8.70. The van der Waals surface area contributed by atoms with Gasteiger partial charge in [-0.05, 0) is 82.4 Å². The van der Waals surface area contributed by atoms with Crippen molar-refractivity contribution in [3.63, 3.8) is 0 Å². The van der Waals surface area contributed by atoms with Gasteiger partial charge in [0.25, 0.3) is 0 Å². The number of carbonyl (C=O) groups excluding carboxylic acids is 1. The number of amides is 1. The molecule has 1 atom stereocenters. The van der Waals surface area contributed by atoms with Crippen molar-refractivity contribution in [2.24, 2.45) is 5.92 Å². The van der Waals surface area contributed by atoms with Crippen LogP contribution in [0.3, 0.4) is 0 Å². The highest BCUT2D eigenvalue weighted by atomic mass is 16.5. The van der Waals surface area contributed by atoms with Gasteiger partial charge >= 0.3 is 0 Å². The van der Waals surface area contributed by atoms with E-state index < -0.39 is 0 Å². The quantitative estimate of drug-likeness (QED) is 0.600. The predicted molar refractivity (Wildman–Crippen MR) is 125 cm³/mol. The molecule has 0 spiro atoms. The molecular weight excluding hydrogens is 390 g/mol. The molecule has 174 valence electrons. The number of nitrogens with zero attached hydrogens (tertiary/aromatic N) is 3. The lowest BCUT2D eigenvalue weighted by atomic mass is 9.92. The van der Waals surface area contributed by atoms with Gasteiger partial charge < -0.3 is 19.3 Å². The van der Waals surface area contributed by atoms with Crippen molar-refractivity contribution in [2.45, 2.75) is 51.5 Å². The van der Waals surface area contributed by atoms with E-state index in [1.165, 1.54) is 38.9 Å². The second kappa shape index (κ2) is 11.7. The first-order valence-corrected chi connectivity index (χ1v) is 12.0. The maximum Gasteiger partial charge on any atom is 0.226 e. The highest BCUT2D eigenvalue weighted by Gasteiger charge is 2.32. The Bertz CT molecular complexity index is 703. The van der Waals surface area contributed by atoms with E-state index in [-0.39, 0.29) is 5.92 Å². The fourth-order valence-corrected chi connectivity index (χ4v) is 5.12. The SMILES string of the molecule is CCCN1CCC(N2CCC[C@H](C(=O)N(C)CCc3ccc(OC)c(OC)c3)C2)CC1. The monoisotopic (exact) mass is 431 g/mol. The van der Waals surface area contributed by atoms with E-state index in [1.807, 2.05) is 30.1 Å². The first-order valence-electron chi connectivity index (χ1n) is 12.0. The molecule has 6 heteroatoms. The molecule has 0 unspecified atom stereocenters. The zero-order chi connectivity index (χ0) is 22.2. The molecule has 0 N–H and O–H groups in total. The van der Waals surface area contributed by atoms with E-state index in [2.05, 4.69) is 16.7 Å². The zero-order valence-electron chi connectivity index (χ0n) is 19.9. The molecule has 1 aromatic rings. The third-order valence-corrected chi connectivity index (χ3v) is 6.98. The third kappa shape index (κ3) is 6.36. The fraction of sp³-hybridized carbons (Fsp3) is 0.720. The molecule has 6 nitrogen and oxygen atoms in total. The summed E-state index contributed by atoms with van der Waals surface area (Å²) in [6.07, 6.45) is 6.70. The Morgan fingerprint density at radius 1 is 1.10 bits per heavy atom. The highest BCUT2D eigenvalue weighted by Crippen LogP contribution is 2.28. The van der Waals surface area contributed by atoms with Gasteiger partial charge in [0.05, 0.1) is 20.1 Å². The maximum atomic E-state index is 13.2. The first kappa shape index (κ1) is 23.9. The van der Waals surface area contributed by atoms with E-state index in [4.69, 9.17) is 9.47 Å². The van der Waals surface area contributed by atoms with Crippen LogP contribution in [0.4, 0.5) is 0 Å². The van der Waals surface area contributed by atoms with Gasteiger partial charge in [0, 0.05) is 26.2 Å². The Morgan fingerprint density at radius 2 is 1.84 bits per heavy atom. The Labute approximate surface area is 188 Å². The van der Waals surface area contributed by atoms with E-state index in [0.29, 0.717) is 11.9 Å². The lowest BCUT2D eigenvalue weighted by Gasteiger charge is -2.42. The van der Waals surface area contributed by atoms with Gasteiger partial charge in [0.2, 0.25) is 5.91 Å². The van der Waals surface area contributed by atoms with Crippen LogP contribution in [-0.4, -0.2) is 87.2 Å². The number of piperidine rings is 2. The van der Waals surface area contributed by atoms with Crippen LogP contribution in [0.15, 0.2) is 18.2 Å². The number of hydrogen-bond acceptors (Lipinski definition) is 5. The van der Waals surface area contributed by atoms with E-state index in [0.717, 1.165) is 56.0 Å². The van der Waals surface area contributed by atoms with Crippen LogP contribution < -0.4 is 9.47 Å². The molecule has 1 amide bonds. The van der Waals surface area contributed by atoms with Gasteiger partial charge in [-0.2, -0.15) is 0 Å². The van der Waals surface area contributed by atoms with Gasteiger partial charge in [0.1, 0.15) is 0 Å². The first-order chi connectivity index (χ1) is 15.0. The van der Waals surface area contributed by atoms with Crippen LogP contribution in [0.1, 0.15) is 44.6 Å². The number of rotatable bonds is 9. The maximum absolute atomic E-state index is 13.2. The lowest BCUT2D eigenvalue weighted by molar-refractivity contribution is -0.136. The fourth-order valence-electron chi connectivity index (χ4n) is 5.12. The molecule has 2 aliphatic rings. The molecule has 0 bridgehead atoms. The van der Waals surface area contributed by atoms with Crippen molar-refractivity contribution in [3.8, 4) is 11.5 Å². The van der Waals surface area contributed by atoms with Crippen LogP contribution in [0.25, 0.3) is 0 Å². The summed E-state index contributed by atoms with van der Waals surface area (Å²) in [5.74, 6) is 1.91. The number of methoxy groups -OCH3 is 2. The second-order valence-electron chi connectivity index (χ2n) is 9.11. The van der Waals surface area contributed by atoms with Crippen LogP contribution >= 0.6 is 0 Å². The van der Waals surface area contributed by atoms with Crippen molar-refractivity contribution in [1.29, 1.82) is 0 Å². The standard InChI is InChI=1S/C25H41N3O3/c1-5-13-27-16-11-22(12-17-27)28-14-6-7-21(19-28)25(29)26(2)15-10-20-8-9-23(30-3)24(18-20)31-4/h8-9,18,21-22H,5-7,10-17,19H2,1-4H3/t21-/m0/s1.